The predicted molar refractivity (Wildman–Crippen MR) is 107 cm³/mol. The Labute approximate surface area is 169 Å². The van der Waals surface area contributed by atoms with Gasteiger partial charge in [0.05, 0.1) is 16.1 Å². The number of hydrogen-bond acceptors (Lipinski definition) is 6. The molecule has 7 nitrogen and oxygen atoms in total. The zero-order chi connectivity index (χ0) is 20.5. The third-order valence-electron chi connectivity index (χ3n) is 5.79. The molecule has 2 fully saturated rings. The summed E-state index contributed by atoms with van der Waals surface area (Å²) in [6.45, 7) is 2.97. The van der Waals surface area contributed by atoms with Crippen molar-refractivity contribution in [3.63, 3.8) is 0 Å². The van der Waals surface area contributed by atoms with E-state index < -0.39 is 16.0 Å². The van der Waals surface area contributed by atoms with Crippen LogP contribution >= 0.6 is 0 Å². The van der Waals surface area contributed by atoms with Gasteiger partial charge in [0, 0.05) is 12.1 Å². The molecular formula is C20H22FN5O2S. The molecule has 2 aromatic rings. The Kier molecular flexibility index (Phi) is 5.15. The second-order valence-electron chi connectivity index (χ2n) is 7.54. The summed E-state index contributed by atoms with van der Waals surface area (Å²) in [5.41, 5.74) is 1.00. The van der Waals surface area contributed by atoms with Gasteiger partial charge in [0.1, 0.15) is 11.9 Å². The zero-order valence-corrected chi connectivity index (χ0v) is 16.7. The summed E-state index contributed by atoms with van der Waals surface area (Å²) in [5.74, 6) is -0.901. The number of nitrogens with one attached hydrogen (secondary N) is 2. The fourth-order valence-electron chi connectivity index (χ4n) is 4.37. The average Bonchev–Trinajstić information content (AvgIpc) is 3.26. The first-order valence-electron chi connectivity index (χ1n) is 9.60. The maximum absolute atomic E-state index is 13.2. The van der Waals surface area contributed by atoms with Gasteiger partial charge in [0.15, 0.2) is 0 Å². The van der Waals surface area contributed by atoms with Crippen LogP contribution in [0, 0.1) is 17.3 Å². The van der Waals surface area contributed by atoms with Gasteiger partial charge in [-0.2, -0.15) is 9.65 Å². The molecule has 1 aromatic heterocycles. The highest BCUT2D eigenvalue weighted by Gasteiger charge is 2.43. The molecule has 29 heavy (non-hydrogen) atoms. The van der Waals surface area contributed by atoms with E-state index in [4.69, 9.17) is 0 Å². The van der Waals surface area contributed by atoms with Crippen molar-refractivity contribution in [2.24, 2.45) is 0 Å². The molecular weight excluding hydrogens is 393 g/mol. The summed E-state index contributed by atoms with van der Waals surface area (Å²) in [6.07, 6.45) is 4.64. The van der Waals surface area contributed by atoms with Crippen molar-refractivity contribution in [2.75, 3.05) is 29.7 Å². The summed E-state index contributed by atoms with van der Waals surface area (Å²) < 4.78 is 40.7. The molecule has 3 heterocycles. The lowest BCUT2D eigenvalue weighted by atomic mass is 9.94. The van der Waals surface area contributed by atoms with E-state index in [0.29, 0.717) is 5.69 Å². The number of aromatic nitrogens is 1. The summed E-state index contributed by atoms with van der Waals surface area (Å²) in [6, 6.07) is 10.3. The average molecular weight is 415 g/mol. The normalized spacial score (nSPS) is 18.2. The lowest BCUT2D eigenvalue weighted by Crippen LogP contribution is -2.44. The Hall–Kier alpha value is -2.70. The fourth-order valence-corrected chi connectivity index (χ4v) is 5.40. The number of nitrogens with zero attached hydrogens (tertiary/aromatic N) is 3. The molecule has 0 radical (unpaired) electrons. The van der Waals surface area contributed by atoms with Crippen LogP contribution in [0.15, 0.2) is 41.3 Å². The van der Waals surface area contributed by atoms with E-state index in [-0.39, 0.29) is 21.8 Å². The van der Waals surface area contributed by atoms with Crippen molar-refractivity contribution in [2.45, 2.75) is 36.1 Å². The second-order valence-corrected chi connectivity index (χ2v) is 9.22. The van der Waals surface area contributed by atoms with Crippen molar-refractivity contribution in [1.29, 1.82) is 5.26 Å². The quantitative estimate of drug-likeness (QED) is 0.704. The van der Waals surface area contributed by atoms with E-state index in [1.54, 1.807) is 6.07 Å². The molecule has 2 aliphatic rings. The Balaban J connectivity index is 1.53. The van der Waals surface area contributed by atoms with Gasteiger partial charge in [-0.15, -0.1) is 0 Å². The minimum absolute atomic E-state index is 0.0767. The molecule has 1 aromatic carbocycles. The number of hydrogen-bond donors (Lipinski definition) is 2. The topological polar surface area (TPSA) is 98.1 Å². The largest absolute Gasteiger partial charge is 0.382 e. The van der Waals surface area contributed by atoms with Crippen molar-refractivity contribution in [3.8, 4) is 6.07 Å². The van der Waals surface area contributed by atoms with Gasteiger partial charge in [0.25, 0.3) is 10.0 Å². The van der Waals surface area contributed by atoms with Crippen LogP contribution in [-0.2, 0) is 10.0 Å². The predicted octanol–water partition coefficient (Wildman–Crippen LogP) is 2.93. The number of pyridine rings is 1. The highest BCUT2D eigenvalue weighted by atomic mass is 32.2. The number of halogens is 1. The Bertz CT molecular complexity index is 1060. The van der Waals surface area contributed by atoms with E-state index in [0.717, 1.165) is 38.5 Å². The van der Waals surface area contributed by atoms with Crippen molar-refractivity contribution in [3.05, 3.63) is 47.9 Å². The number of anilines is 2. The summed E-state index contributed by atoms with van der Waals surface area (Å²) in [7, 11) is -3.99. The lowest BCUT2D eigenvalue weighted by molar-refractivity contribution is 0.209. The molecule has 9 heteroatoms. The van der Waals surface area contributed by atoms with Gasteiger partial charge in [-0.05, 0) is 69.1 Å². The zero-order valence-electron chi connectivity index (χ0n) is 15.9. The molecule has 0 aliphatic carbocycles. The molecule has 4 rings (SSSR count). The molecule has 2 N–H and O–H groups in total. The number of fused-ring (bicyclic) bond motifs is 1. The van der Waals surface area contributed by atoms with Gasteiger partial charge < -0.3 is 5.32 Å². The maximum atomic E-state index is 13.2. The number of rotatable bonds is 6. The summed E-state index contributed by atoms with van der Waals surface area (Å²) >= 11 is 0. The first-order chi connectivity index (χ1) is 13.9. The minimum atomic E-state index is -3.99. The van der Waals surface area contributed by atoms with Gasteiger partial charge >= 0.3 is 0 Å². The molecule has 0 unspecified atom stereocenters. The van der Waals surface area contributed by atoms with Gasteiger partial charge in [-0.3, -0.25) is 9.62 Å². The fraction of sp³-hybridized carbons (Fsp3) is 0.400. The van der Waals surface area contributed by atoms with E-state index in [9.17, 15) is 18.1 Å². The van der Waals surface area contributed by atoms with Crippen LogP contribution in [0.3, 0.4) is 0 Å². The summed E-state index contributed by atoms with van der Waals surface area (Å²) in [4.78, 5) is 5.95. The Morgan fingerprint density at radius 3 is 2.66 bits per heavy atom. The molecule has 0 saturated carbocycles. The molecule has 2 aliphatic heterocycles. The van der Waals surface area contributed by atoms with Crippen molar-refractivity contribution >= 4 is 21.5 Å². The summed E-state index contributed by atoms with van der Waals surface area (Å²) in [5, 5.41) is 12.9. The van der Waals surface area contributed by atoms with Crippen LogP contribution in [0.4, 0.5) is 15.9 Å². The van der Waals surface area contributed by atoms with Crippen LogP contribution < -0.4 is 10.0 Å². The lowest BCUT2D eigenvalue weighted by Gasteiger charge is -2.32. The number of sulfonamides is 1. The standard InChI is InChI=1S/C20H22FN5O2S/c21-18-4-1-5-19(24-18)25-29(27,28)16-6-7-17(15(12-16)13-22)23-14-20-8-2-10-26(20)11-3-9-20/h1,4-7,12,23H,2-3,8-11,14H2,(H,24,25). The smallest absolute Gasteiger partial charge is 0.263 e. The maximum Gasteiger partial charge on any atom is 0.263 e. The Morgan fingerprint density at radius 1 is 1.21 bits per heavy atom. The monoisotopic (exact) mass is 415 g/mol. The SMILES string of the molecule is N#Cc1cc(S(=O)(=O)Nc2cccc(F)n2)ccc1NCC12CCCN1CCC2. The van der Waals surface area contributed by atoms with E-state index in [1.165, 1.54) is 37.1 Å². The number of nitriles is 1. The van der Waals surface area contributed by atoms with Gasteiger partial charge in [-0.1, -0.05) is 6.07 Å². The van der Waals surface area contributed by atoms with Crippen molar-refractivity contribution < 1.29 is 12.8 Å². The highest BCUT2D eigenvalue weighted by molar-refractivity contribution is 7.92. The van der Waals surface area contributed by atoms with Gasteiger partial charge in [0.2, 0.25) is 5.95 Å². The second kappa shape index (κ2) is 7.61. The third kappa shape index (κ3) is 3.91. The van der Waals surface area contributed by atoms with Crippen LogP contribution in [0.25, 0.3) is 0 Å². The first kappa shape index (κ1) is 19.6. The van der Waals surface area contributed by atoms with Crippen LogP contribution in [-0.4, -0.2) is 43.5 Å². The van der Waals surface area contributed by atoms with Crippen LogP contribution in [0.1, 0.15) is 31.2 Å². The minimum Gasteiger partial charge on any atom is -0.382 e. The van der Waals surface area contributed by atoms with Crippen LogP contribution in [0.2, 0.25) is 0 Å². The molecule has 2 saturated heterocycles. The van der Waals surface area contributed by atoms with E-state index in [1.807, 2.05) is 0 Å². The molecule has 0 amide bonds. The molecule has 0 bridgehead atoms. The highest BCUT2D eigenvalue weighted by Crippen LogP contribution is 2.39. The third-order valence-corrected chi connectivity index (χ3v) is 7.15. The van der Waals surface area contributed by atoms with Crippen LogP contribution in [0.5, 0.6) is 0 Å². The van der Waals surface area contributed by atoms with E-state index >= 15 is 0 Å². The van der Waals surface area contributed by atoms with E-state index in [2.05, 4.69) is 26.0 Å². The van der Waals surface area contributed by atoms with Gasteiger partial charge in [-0.25, -0.2) is 13.4 Å². The van der Waals surface area contributed by atoms with Crippen molar-refractivity contribution in [1.82, 2.24) is 9.88 Å². The molecule has 0 atom stereocenters. The molecule has 152 valence electrons. The molecule has 0 spiro atoms. The Morgan fingerprint density at radius 2 is 1.97 bits per heavy atom. The number of benzene rings is 1. The first-order valence-corrected chi connectivity index (χ1v) is 11.1.